The summed E-state index contributed by atoms with van der Waals surface area (Å²) < 4.78 is 29.8. The molecule has 186 valence electrons. The number of nitrogen functional groups attached to an aromatic ring is 1. The van der Waals surface area contributed by atoms with Gasteiger partial charge in [-0.25, -0.2) is 9.71 Å². The van der Waals surface area contributed by atoms with Gasteiger partial charge in [-0.3, -0.25) is 4.79 Å². The van der Waals surface area contributed by atoms with E-state index in [0.717, 1.165) is 40.4 Å². The van der Waals surface area contributed by atoms with E-state index in [2.05, 4.69) is 61.7 Å². The zero-order chi connectivity index (χ0) is 25.3. The lowest BCUT2D eigenvalue weighted by molar-refractivity contribution is 0.0973. The van der Waals surface area contributed by atoms with Gasteiger partial charge in [0, 0.05) is 20.3 Å². The molecule has 2 aromatic heterocycles. The van der Waals surface area contributed by atoms with Gasteiger partial charge in [0.05, 0.1) is 0 Å². The molecule has 1 amide bonds. The number of benzene rings is 2. The maximum atomic E-state index is 13.4. The van der Waals surface area contributed by atoms with Crippen molar-refractivity contribution in [2.45, 2.75) is 52.1 Å². The van der Waals surface area contributed by atoms with Crippen molar-refractivity contribution in [3.05, 3.63) is 88.1 Å². The van der Waals surface area contributed by atoms with Crippen molar-refractivity contribution in [2.75, 3.05) is 5.73 Å². The number of amides is 1. The van der Waals surface area contributed by atoms with Crippen molar-refractivity contribution in [2.24, 2.45) is 0 Å². The van der Waals surface area contributed by atoms with Crippen LogP contribution in [-0.4, -0.2) is 23.9 Å². The summed E-state index contributed by atoms with van der Waals surface area (Å²) in [6.45, 7) is 8.71. The van der Waals surface area contributed by atoms with Crippen LogP contribution in [0.4, 0.5) is 5.82 Å². The number of hydrogen-bond donors (Lipinski definition) is 2. The third-order valence-corrected chi connectivity index (χ3v) is 7.37. The summed E-state index contributed by atoms with van der Waals surface area (Å²) in [6, 6.07) is 16.4. The quantitative estimate of drug-likeness (QED) is 0.369. The van der Waals surface area contributed by atoms with E-state index in [1.54, 1.807) is 6.07 Å². The second-order valence-corrected chi connectivity index (χ2v) is 10.6. The number of hydrogen-bond acceptors (Lipinski definition) is 5. The van der Waals surface area contributed by atoms with Crippen molar-refractivity contribution >= 4 is 32.7 Å². The molecule has 7 nitrogen and oxygen atoms in total. The molecule has 4 rings (SSSR count). The molecule has 35 heavy (non-hydrogen) atoms. The van der Waals surface area contributed by atoms with Crippen molar-refractivity contribution in [3.8, 4) is 0 Å². The molecule has 0 spiro atoms. The fourth-order valence-electron chi connectivity index (χ4n) is 4.55. The summed E-state index contributed by atoms with van der Waals surface area (Å²) in [7, 11) is -4.20. The molecule has 0 radical (unpaired) electrons. The number of pyridine rings is 1. The Kier molecular flexibility index (Phi) is 6.67. The number of nitrogens with two attached hydrogens (primary N) is 1. The highest BCUT2D eigenvalue weighted by atomic mass is 32.2. The monoisotopic (exact) mass is 494 g/mol. The normalized spacial score (nSPS) is 11.7. The number of anilines is 1. The van der Waals surface area contributed by atoms with Gasteiger partial charge >= 0.3 is 0 Å². The van der Waals surface area contributed by atoms with E-state index in [0.29, 0.717) is 6.54 Å². The fourth-order valence-corrected chi connectivity index (χ4v) is 5.48. The highest BCUT2D eigenvalue weighted by Gasteiger charge is 2.24. The Hall–Kier alpha value is -3.65. The lowest BCUT2D eigenvalue weighted by Crippen LogP contribution is -2.32. The first kappa shape index (κ1) is 24.5. The van der Waals surface area contributed by atoms with Gasteiger partial charge in [0.25, 0.3) is 15.9 Å². The molecule has 0 saturated heterocycles. The molecule has 0 aliphatic carbocycles. The number of aryl methyl sites for hydroxylation is 4. The summed E-state index contributed by atoms with van der Waals surface area (Å²) in [6.07, 6.45) is 1.93. The Balaban J connectivity index is 0.00000241. The van der Waals surface area contributed by atoms with E-state index in [4.69, 9.17) is 5.73 Å². The fraction of sp³-hybridized carbons (Fsp3) is 0.259. The zero-order valence-electron chi connectivity index (χ0n) is 20.4. The number of sulfonamides is 1. The van der Waals surface area contributed by atoms with Crippen LogP contribution < -0.4 is 10.5 Å². The first-order chi connectivity index (χ1) is 16.6. The van der Waals surface area contributed by atoms with E-state index in [1.807, 2.05) is 10.6 Å². The van der Waals surface area contributed by atoms with E-state index >= 15 is 0 Å². The van der Waals surface area contributed by atoms with Crippen LogP contribution in [0.1, 0.15) is 54.5 Å². The molecule has 0 aliphatic heterocycles. The second-order valence-electron chi connectivity index (χ2n) is 8.97. The topological polar surface area (TPSA) is 107 Å². The Bertz CT molecular complexity index is 1530. The van der Waals surface area contributed by atoms with Crippen LogP contribution in [0.5, 0.6) is 0 Å². The standard InChI is InChI=1S/C27H30N4O3S.2H2/c1-5-7-20-10-11-23-21(14-20)15-24(31(23)16-22-18(3)12-17(2)13-19(22)4)27(32)30-35(33,34)26-9-6-8-25(28)29-26;;/h6,8-15H,5,7,16H2,1-4H3,(H2,28,29)(H,30,32);2*1H. The first-order valence-electron chi connectivity index (χ1n) is 11.6. The first-order valence-corrected chi connectivity index (χ1v) is 13.1. The predicted molar refractivity (Wildman–Crippen MR) is 143 cm³/mol. The van der Waals surface area contributed by atoms with E-state index in [9.17, 15) is 13.2 Å². The number of carbonyl (C=O) groups excluding carboxylic acids is 1. The number of aromatic nitrogens is 2. The summed E-state index contributed by atoms with van der Waals surface area (Å²) in [5, 5.41) is 0.590. The van der Waals surface area contributed by atoms with Gasteiger partial charge in [0.2, 0.25) is 0 Å². The number of nitrogens with one attached hydrogen (secondary N) is 1. The van der Waals surface area contributed by atoms with E-state index in [1.165, 1.54) is 29.3 Å². The minimum Gasteiger partial charge on any atom is -0.384 e. The van der Waals surface area contributed by atoms with Crippen molar-refractivity contribution < 1.29 is 16.1 Å². The van der Waals surface area contributed by atoms with Crippen LogP contribution in [0, 0.1) is 20.8 Å². The summed E-state index contributed by atoms with van der Waals surface area (Å²) >= 11 is 0. The summed E-state index contributed by atoms with van der Waals surface area (Å²) in [4.78, 5) is 17.2. The predicted octanol–water partition coefficient (Wildman–Crippen LogP) is 5.16. The SMILES string of the molecule is CCCc1ccc2c(c1)cc(C(=O)NS(=O)(=O)c1cccc(N)n1)n2Cc1c(C)cc(C)cc1C.[HH].[HH]. The average Bonchev–Trinajstić information content (AvgIpc) is 3.14. The molecule has 0 saturated carbocycles. The Morgan fingerprint density at radius 3 is 2.43 bits per heavy atom. The van der Waals surface area contributed by atoms with Gasteiger partial charge in [-0.2, -0.15) is 8.42 Å². The van der Waals surface area contributed by atoms with Crippen LogP contribution >= 0.6 is 0 Å². The number of fused-ring (bicyclic) bond motifs is 1. The summed E-state index contributed by atoms with van der Waals surface area (Å²) in [5.41, 5.74) is 12.5. The molecule has 0 bridgehead atoms. The van der Waals surface area contributed by atoms with Crippen LogP contribution in [0.25, 0.3) is 10.9 Å². The van der Waals surface area contributed by atoms with Gasteiger partial charge in [-0.05, 0) is 79.8 Å². The Labute approximate surface area is 209 Å². The summed E-state index contributed by atoms with van der Waals surface area (Å²) in [5.74, 6) is -0.659. The molecular weight excluding hydrogens is 460 g/mol. The minimum absolute atomic E-state index is 0. The lowest BCUT2D eigenvalue weighted by Gasteiger charge is -2.16. The molecule has 0 unspecified atom stereocenters. The molecule has 3 N–H and O–H groups in total. The highest BCUT2D eigenvalue weighted by molar-refractivity contribution is 7.90. The second kappa shape index (κ2) is 9.54. The average molecular weight is 495 g/mol. The molecule has 4 aromatic rings. The third-order valence-electron chi connectivity index (χ3n) is 6.14. The van der Waals surface area contributed by atoms with Gasteiger partial charge in [-0.1, -0.05) is 43.2 Å². The largest absolute Gasteiger partial charge is 0.384 e. The smallest absolute Gasteiger partial charge is 0.281 e. The number of rotatable bonds is 7. The lowest BCUT2D eigenvalue weighted by atomic mass is 9.99. The minimum atomic E-state index is -4.20. The van der Waals surface area contributed by atoms with Crippen LogP contribution in [0.2, 0.25) is 0 Å². The van der Waals surface area contributed by atoms with E-state index < -0.39 is 15.9 Å². The van der Waals surface area contributed by atoms with Gasteiger partial charge in [0.1, 0.15) is 11.5 Å². The molecule has 8 heteroatoms. The molecule has 2 aromatic carbocycles. The van der Waals surface area contributed by atoms with Gasteiger partial charge in [0.15, 0.2) is 5.03 Å². The van der Waals surface area contributed by atoms with E-state index in [-0.39, 0.29) is 19.4 Å². The van der Waals surface area contributed by atoms with Crippen molar-refractivity contribution in [1.29, 1.82) is 0 Å². The van der Waals surface area contributed by atoms with Gasteiger partial charge in [-0.15, -0.1) is 0 Å². The molecular formula is C27H34N4O3S. The zero-order valence-corrected chi connectivity index (χ0v) is 21.2. The Morgan fingerprint density at radius 2 is 1.77 bits per heavy atom. The number of nitrogens with zero attached hydrogens (tertiary/aromatic N) is 2. The Morgan fingerprint density at radius 1 is 1.06 bits per heavy atom. The molecule has 0 atom stereocenters. The van der Waals surface area contributed by atoms with Crippen LogP contribution in [-0.2, 0) is 23.0 Å². The maximum absolute atomic E-state index is 13.4. The molecule has 0 aliphatic rings. The number of carbonyl (C=O) groups is 1. The van der Waals surface area contributed by atoms with Crippen molar-refractivity contribution in [1.82, 2.24) is 14.3 Å². The van der Waals surface area contributed by atoms with Crippen LogP contribution in [0.15, 0.2) is 59.6 Å². The van der Waals surface area contributed by atoms with Gasteiger partial charge < -0.3 is 10.3 Å². The van der Waals surface area contributed by atoms with Crippen molar-refractivity contribution in [3.63, 3.8) is 0 Å². The molecule has 0 fully saturated rings. The molecule has 2 heterocycles. The van der Waals surface area contributed by atoms with Crippen LogP contribution in [0.3, 0.4) is 0 Å². The third kappa shape index (κ3) is 5.07. The highest BCUT2D eigenvalue weighted by Crippen LogP contribution is 2.26. The maximum Gasteiger partial charge on any atom is 0.281 e.